The number of likely N-dealkylation sites (tertiary alicyclic amines) is 1. The molecule has 1 heterocycles. The summed E-state index contributed by atoms with van der Waals surface area (Å²) < 4.78 is 20.5. The Labute approximate surface area is 203 Å². The van der Waals surface area contributed by atoms with E-state index >= 15 is 0 Å². The maximum Gasteiger partial charge on any atom is 0.338 e. The number of nitrogens with zero attached hydrogens (tertiary/aromatic N) is 1. The van der Waals surface area contributed by atoms with E-state index in [1.165, 1.54) is 12.1 Å². The van der Waals surface area contributed by atoms with Crippen LogP contribution in [0.1, 0.15) is 65.9 Å². The minimum absolute atomic E-state index is 0.0812. The van der Waals surface area contributed by atoms with Gasteiger partial charge in [0.2, 0.25) is 0 Å². The Morgan fingerprint density at radius 2 is 1.76 bits per heavy atom. The van der Waals surface area contributed by atoms with E-state index < -0.39 is 11.8 Å². The average molecular weight is 492 g/mol. The minimum atomic E-state index is -1.23. The van der Waals surface area contributed by atoms with Gasteiger partial charge in [-0.2, -0.15) is 0 Å². The number of rotatable bonds is 7. The molecule has 0 bridgehead atoms. The van der Waals surface area contributed by atoms with Gasteiger partial charge in [0.05, 0.1) is 11.7 Å². The highest BCUT2D eigenvalue weighted by molar-refractivity contribution is 6.34. The van der Waals surface area contributed by atoms with E-state index in [1.807, 2.05) is 12.1 Å². The summed E-state index contributed by atoms with van der Waals surface area (Å²) >= 11 is 12.2. The first-order valence-electron chi connectivity index (χ1n) is 11.7. The summed E-state index contributed by atoms with van der Waals surface area (Å²) in [5.41, 5.74) is 2.07. The van der Waals surface area contributed by atoms with E-state index in [4.69, 9.17) is 27.9 Å². The first-order valence-corrected chi connectivity index (χ1v) is 12.5. The van der Waals surface area contributed by atoms with Crippen LogP contribution in [0.4, 0.5) is 4.39 Å². The Balaban J connectivity index is 1.13. The van der Waals surface area contributed by atoms with Gasteiger partial charge in [0.25, 0.3) is 0 Å². The van der Waals surface area contributed by atoms with Gasteiger partial charge in [0.1, 0.15) is 11.6 Å². The number of ether oxygens (including phenoxy) is 1. The smallest absolute Gasteiger partial charge is 0.338 e. The molecular formula is C26H28Cl2FNO3. The maximum atomic E-state index is 14.3. The molecular weight excluding hydrogens is 464 g/mol. The van der Waals surface area contributed by atoms with Gasteiger partial charge in [-0.15, -0.1) is 0 Å². The zero-order chi connectivity index (χ0) is 23.2. The molecule has 33 heavy (non-hydrogen) atoms. The quantitative estimate of drug-likeness (QED) is 0.475. The predicted octanol–water partition coefficient (Wildman–Crippen LogP) is 6.57. The molecule has 0 amide bonds. The van der Waals surface area contributed by atoms with Crippen molar-refractivity contribution < 1.29 is 19.0 Å². The van der Waals surface area contributed by atoms with Crippen molar-refractivity contribution in [2.45, 2.75) is 57.0 Å². The molecule has 2 saturated carbocycles. The van der Waals surface area contributed by atoms with E-state index in [1.54, 1.807) is 6.07 Å². The zero-order valence-electron chi connectivity index (χ0n) is 18.5. The van der Waals surface area contributed by atoms with Gasteiger partial charge in [-0.1, -0.05) is 23.2 Å². The van der Waals surface area contributed by atoms with E-state index in [0.717, 1.165) is 75.7 Å². The molecule has 176 valence electrons. The van der Waals surface area contributed by atoms with Crippen LogP contribution in [0.15, 0.2) is 30.3 Å². The van der Waals surface area contributed by atoms with Crippen LogP contribution in [0, 0.1) is 11.2 Å². The van der Waals surface area contributed by atoms with Gasteiger partial charge >= 0.3 is 5.97 Å². The predicted molar refractivity (Wildman–Crippen MR) is 127 cm³/mol. The molecule has 2 aliphatic carbocycles. The average Bonchev–Trinajstić information content (AvgIpc) is 3.56. The molecule has 0 radical (unpaired) electrons. The first kappa shape index (κ1) is 22.9. The number of aromatic carboxylic acids is 1. The number of carbonyl (C=O) groups is 1. The van der Waals surface area contributed by atoms with Crippen molar-refractivity contribution in [3.8, 4) is 5.75 Å². The van der Waals surface area contributed by atoms with Crippen molar-refractivity contribution in [3.05, 3.63) is 62.9 Å². The SMILES string of the molecule is O=C(O)c1cc(C2CC2)c(OC2CC3(CCN(CCc4cc(Cl)cc(Cl)c4)CC3)C2)cc1F. The lowest BCUT2D eigenvalue weighted by molar-refractivity contribution is -0.0554. The number of piperidine rings is 1. The number of carboxylic acid groups (broad SMARTS) is 1. The van der Waals surface area contributed by atoms with Crippen molar-refractivity contribution in [2.75, 3.05) is 19.6 Å². The number of hydrogen-bond donors (Lipinski definition) is 1. The van der Waals surface area contributed by atoms with E-state index in [2.05, 4.69) is 4.90 Å². The van der Waals surface area contributed by atoms with Crippen molar-refractivity contribution >= 4 is 29.2 Å². The molecule has 2 aromatic carbocycles. The van der Waals surface area contributed by atoms with Crippen LogP contribution < -0.4 is 4.74 Å². The normalized spacial score (nSPS) is 20.6. The number of hydrogen-bond acceptors (Lipinski definition) is 3. The molecule has 0 atom stereocenters. The fraction of sp³-hybridized carbons (Fsp3) is 0.500. The molecule has 1 saturated heterocycles. The van der Waals surface area contributed by atoms with Gasteiger partial charge < -0.3 is 14.7 Å². The van der Waals surface area contributed by atoms with E-state index in [0.29, 0.717) is 27.1 Å². The standard InChI is InChI=1S/C26H28Cl2FNO3/c27-18-9-16(10-19(28)11-18)3-6-30-7-4-26(5-8-30)14-20(15-26)33-24-13-23(29)22(25(31)32)12-21(24)17-1-2-17/h9-13,17,20H,1-8,14-15H2,(H,31,32). The van der Waals surface area contributed by atoms with Crippen LogP contribution in [-0.4, -0.2) is 41.7 Å². The van der Waals surface area contributed by atoms with Gasteiger partial charge in [0, 0.05) is 22.7 Å². The molecule has 7 heteroatoms. The lowest BCUT2D eigenvalue weighted by Gasteiger charge is -2.52. The highest BCUT2D eigenvalue weighted by Crippen LogP contribution is 2.52. The topological polar surface area (TPSA) is 49.8 Å². The zero-order valence-corrected chi connectivity index (χ0v) is 20.0. The molecule has 0 unspecified atom stereocenters. The monoisotopic (exact) mass is 491 g/mol. The fourth-order valence-corrected chi connectivity index (χ4v) is 5.99. The summed E-state index contributed by atoms with van der Waals surface area (Å²) in [6.07, 6.45) is 7.28. The summed E-state index contributed by atoms with van der Waals surface area (Å²) in [4.78, 5) is 13.8. The molecule has 4 nitrogen and oxygen atoms in total. The summed E-state index contributed by atoms with van der Waals surface area (Å²) in [6, 6.07) is 8.48. The second kappa shape index (κ2) is 9.09. The number of halogens is 3. The molecule has 5 rings (SSSR count). The van der Waals surface area contributed by atoms with Crippen LogP contribution in [0.5, 0.6) is 5.75 Å². The Kier molecular flexibility index (Phi) is 6.32. The Bertz CT molecular complexity index is 1040. The minimum Gasteiger partial charge on any atom is -0.490 e. The third-order valence-corrected chi connectivity index (χ3v) is 7.95. The third-order valence-electron chi connectivity index (χ3n) is 7.52. The summed E-state index contributed by atoms with van der Waals surface area (Å²) in [5, 5.41) is 10.6. The summed E-state index contributed by atoms with van der Waals surface area (Å²) in [7, 11) is 0. The Morgan fingerprint density at radius 1 is 1.09 bits per heavy atom. The van der Waals surface area contributed by atoms with Gasteiger partial charge in [0.15, 0.2) is 0 Å². The van der Waals surface area contributed by atoms with Crippen LogP contribution in [-0.2, 0) is 6.42 Å². The molecule has 3 aliphatic rings. The molecule has 0 aromatic heterocycles. The van der Waals surface area contributed by atoms with Crippen LogP contribution >= 0.6 is 23.2 Å². The van der Waals surface area contributed by atoms with Crippen LogP contribution in [0.2, 0.25) is 10.0 Å². The molecule has 2 aromatic rings. The summed E-state index contributed by atoms with van der Waals surface area (Å²) in [6.45, 7) is 3.12. The van der Waals surface area contributed by atoms with Gasteiger partial charge in [-0.25, -0.2) is 9.18 Å². The van der Waals surface area contributed by atoms with Crippen molar-refractivity contribution in [3.63, 3.8) is 0 Å². The highest BCUT2D eigenvalue weighted by atomic mass is 35.5. The second-order valence-electron chi connectivity index (χ2n) is 9.97. The molecule has 1 spiro atoms. The van der Waals surface area contributed by atoms with Crippen LogP contribution in [0.25, 0.3) is 0 Å². The van der Waals surface area contributed by atoms with Gasteiger partial charge in [-0.05, 0) is 105 Å². The largest absolute Gasteiger partial charge is 0.490 e. The first-order chi connectivity index (χ1) is 15.8. The van der Waals surface area contributed by atoms with E-state index in [-0.39, 0.29) is 11.7 Å². The van der Waals surface area contributed by atoms with Crippen molar-refractivity contribution in [1.82, 2.24) is 4.90 Å². The Hall–Kier alpha value is -1.82. The van der Waals surface area contributed by atoms with Crippen molar-refractivity contribution in [1.29, 1.82) is 0 Å². The van der Waals surface area contributed by atoms with E-state index in [9.17, 15) is 14.3 Å². The van der Waals surface area contributed by atoms with Crippen molar-refractivity contribution in [2.24, 2.45) is 5.41 Å². The van der Waals surface area contributed by atoms with Gasteiger partial charge in [-0.3, -0.25) is 0 Å². The lowest BCUT2D eigenvalue weighted by Crippen LogP contribution is -2.51. The Morgan fingerprint density at radius 3 is 2.36 bits per heavy atom. The maximum absolute atomic E-state index is 14.3. The van der Waals surface area contributed by atoms with Crippen LogP contribution in [0.3, 0.4) is 0 Å². The molecule has 1 N–H and O–H groups in total. The lowest BCUT2D eigenvalue weighted by atomic mass is 9.61. The second-order valence-corrected chi connectivity index (χ2v) is 10.8. The number of carboxylic acids is 1. The summed E-state index contributed by atoms with van der Waals surface area (Å²) in [5.74, 6) is -1.11. The fourth-order valence-electron chi connectivity index (χ4n) is 5.42. The molecule has 1 aliphatic heterocycles. The highest BCUT2D eigenvalue weighted by Gasteiger charge is 2.47. The number of benzene rings is 2. The third kappa shape index (κ3) is 5.16. The molecule has 3 fully saturated rings.